The van der Waals surface area contributed by atoms with E-state index in [1.54, 1.807) is 0 Å². The first kappa shape index (κ1) is 25.3. The molecule has 1 fully saturated rings. The first-order valence-electron chi connectivity index (χ1n) is 12.0. The van der Waals surface area contributed by atoms with Crippen LogP contribution in [-0.2, 0) is 0 Å². The van der Waals surface area contributed by atoms with Crippen molar-refractivity contribution in [2.45, 2.75) is 124 Å². The van der Waals surface area contributed by atoms with Gasteiger partial charge in [-0.1, -0.05) is 0 Å². The van der Waals surface area contributed by atoms with Crippen molar-refractivity contribution < 1.29 is 5.11 Å². The first-order valence-corrected chi connectivity index (χ1v) is 19.5. The number of hydrogen-bond acceptors (Lipinski definition) is 1. The predicted octanol–water partition coefficient (Wildman–Crippen LogP) is 8.21. The van der Waals surface area contributed by atoms with E-state index in [-0.39, 0.29) is 0 Å². The topological polar surface area (TPSA) is 20.2 Å². The number of hydrogen-bond donors (Lipinski definition) is 1. The van der Waals surface area contributed by atoms with Crippen LogP contribution in [0.2, 0.25) is 13.3 Å². The molecule has 1 nitrogen and oxygen atoms in total. The van der Waals surface area contributed by atoms with Crippen LogP contribution in [0.15, 0.2) is 21.8 Å². The Hall–Kier alpha value is 0.239. The van der Waals surface area contributed by atoms with Gasteiger partial charge in [0.2, 0.25) is 0 Å². The van der Waals surface area contributed by atoms with Crippen LogP contribution in [0.1, 0.15) is 105 Å². The maximum absolute atomic E-state index is 11.2. The Kier molecular flexibility index (Phi) is 12.6. The predicted molar refractivity (Wildman–Crippen MR) is 125 cm³/mol. The van der Waals surface area contributed by atoms with E-state index in [4.69, 9.17) is 0 Å². The van der Waals surface area contributed by atoms with Gasteiger partial charge >= 0.3 is 175 Å². The summed E-state index contributed by atoms with van der Waals surface area (Å²) in [6, 6.07) is 0. The Morgan fingerprint density at radius 3 is 1.78 bits per heavy atom. The van der Waals surface area contributed by atoms with Gasteiger partial charge in [-0.2, -0.15) is 0 Å². The minimum absolute atomic E-state index is 0.651. The van der Waals surface area contributed by atoms with Gasteiger partial charge in [-0.15, -0.1) is 0 Å². The van der Waals surface area contributed by atoms with E-state index in [1.165, 1.54) is 87.5 Å². The molecule has 1 N–H and O–H groups in total. The summed E-state index contributed by atoms with van der Waals surface area (Å²) >= 11 is -2.58. The molecule has 0 aromatic carbocycles. The summed E-state index contributed by atoms with van der Waals surface area (Å²) in [5, 5.41) is 11.2. The molecule has 0 aliphatic heterocycles. The SMILES string of the molecule is CCC[CH2][Sn]([CH2]CCC)([CH2]CCC)/[C](=C/C=C/C1CCCCC1)C(C)(C)O. The van der Waals surface area contributed by atoms with Crippen molar-refractivity contribution in [2.24, 2.45) is 5.92 Å². The van der Waals surface area contributed by atoms with Crippen LogP contribution in [0.25, 0.3) is 0 Å². The number of allylic oxidation sites excluding steroid dienone is 3. The second kappa shape index (κ2) is 13.5. The van der Waals surface area contributed by atoms with E-state index in [0.717, 1.165) is 5.92 Å². The molecule has 0 radical (unpaired) electrons. The quantitative estimate of drug-likeness (QED) is 0.207. The fourth-order valence-electron chi connectivity index (χ4n) is 4.99. The fourth-order valence-corrected chi connectivity index (χ4v) is 23.2. The van der Waals surface area contributed by atoms with Crippen LogP contribution < -0.4 is 0 Å². The Labute approximate surface area is 175 Å². The van der Waals surface area contributed by atoms with E-state index < -0.39 is 24.0 Å². The van der Waals surface area contributed by atoms with Gasteiger partial charge in [0.05, 0.1) is 0 Å². The molecule has 27 heavy (non-hydrogen) atoms. The fraction of sp³-hybridized carbons (Fsp3) is 0.840. The summed E-state index contributed by atoms with van der Waals surface area (Å²) in [6.07, 6.45) is 22.0. The van der Waals surface area contributed by atoms with Crippen molar-refractivity contribution in [3.05, 3.63) is 21.8 Å². The maximum atomic E-state index is 11.2. The standard InChI is InChI=1S/C13H21O.3C4H9.Sn/c1-13(2,14)11-7-6-10-12-8-4-3-5-9-12;3*1-3-4-2;/h6-7,10,12,14H,3-5,8-9H2,1-2H3;3*1,3-4H2,2H3;/b10-6+,11-7?;;;;. The molecule has 0 saturated heterocycles. The van der Waals surface area contributed by atoms with Crippen LogP contribution in [0, 0.1) is 5.92 Å². The summed E-state index contributed by atoms with van der Waals surface area (Å²) in [7, 11) is 0. The van der Waals surface area contributed by atoms with E-state index in [9.17, 15) is 5.11 Å². The molecule has 158 valence electrons. The third-order valence-electron chi connectivity index (χ3n) is 6.55. The molecule has 0 amide bonds. The van der Waals surface area contributed by atoms with Gasteiger partial charge in [-0.3, -0.25) is 0 Å². The normalized spacial score (nSPS) is 17.8. The molecule has 0 aromatic rings. The molecule has 1 saturated carbocycles. The molecule has 1 aliphatic rings. The van der Waals surface area contributed by atoms with Gasteiger partial charge in [0.25, 0.3) is 0 Å². The third-order valence-corrected chi connectivity index (χ3v) is 23.3. The Balaban J connectivity index is 3.17. The molecule has 0 heterocycles. The Morgan fingerprint density at radius 2 is 1.37 bits per heavy atom. The summed E-state index contributed by atoms with van der Waals surface area (Å²) < 4.78 is 5.79. The average molecular weight is 483 g/mol. The summed E-state index contributed by atoms with van der Waals surface area (Å²) in [6.45, 7) is 11.1. The van der Waals surface area contributed by atoms with Gasteiger partial charge in [0.1, 0.15) is 0 Å². The summed E-state index contributed by atoms with van der Waals surface area (Å²) in [5.41, 5.74) is -0.651. The monoisotopic (exact) mass is 484 g/mol. The van der Waals surface area contributed by atoms with Crippen molar-refractivity contribution in [1.29, 1.82) is 0 Å². The Bertz CT molecular complexity index is 416. The van der Waals surface area contributed by atoms with Crippen LogP contribution in [0.3, 0.4) is 0 Å². The molecule has 0 unspecified atom stereocenters. The van der Waals surface area contributed by atoms with Crippen LogP contribution in [-0.4, -0.2) is 29.1 Å². The van der Waals surface area contributed by atoms with Crippen molar-refractivity contribution in [2.75, 3.05) is 0 Å². The zero-order valence-electron chi connectivity index (χ0n) is 19.2. The van der Waals surface area contributed by atoms with Gasteiger partial charge < -0.3 is 0 Å². The Morgan fingerprint density at radius 1 is 0.889 bits per heavy atom. The van der Waals surface area contributed by atoms with E-state index in [2.05, 4.69) is 52.8 Å². The zero-order valence-corrected chi connectivity index (χ0v) is 22.0. The molecule has 2 heteroatoms. The first-order chi connectivity index (χ1) is 12.9. The van der Waals surface area contributed by atoms with Gasteiger partial charge in [-0.05, 0) is 0 Å². The second-order valence-electron chi connectivity index (χ2n) is 9.51. The molecule has 0 atom stereocenters. The molecule has 1 aliphatic carbocycles. The van der Waals surface area contributed by atoms with E-state index >= 15 is 0 Å². The van der Waals surface area contributed by atoms with E-state index in [1.807, 2.05) is 0 Å². The number of aliphatic hydroxyl groups is 1. The van der Waals surface area contributed by atoms with Gasteiger partial charge in [-0.25, -0.2) is 0 Å². The van der Waals surface area contributed by atoms with Crippen LogP contribution in [0.4, 0.5) is 0 Å². The zero-order chi connectivity index (χ0) is 20.2. The molecular formula is C25H48OSn. The van der Waals surface area contributed by atoms with Gasteiger partial charge in [0, 0.05) is 0 Å². The van der Waals surface area contributed by atoms with Crippen LogP contribution >= 0.6 is 0 Å². The molecule has 0 bridgehead atoms. The second-order valence-corrected chi connectivity index (χ2v) is 22.6. The van der Waals surface area contributed by atoms with E-state index in [0.29, 0.717) is 0 Å². The molecule has 0 aromatic heterocycles. The summed E-state index contributed by atoms with van der Waals surface area (Å²) in [4.78, 5) is 0. The van der Waals surface area contributed by atoms with Crippen molar-refractivity contribution in [3.63, 3.8) is 0 Å². The number of unbranched alkanes of at least 4 members (excludes halogenated alkanes) is 3. The van der Waals surface area contributed by atoms with Crippen molar-refractivity contribution >= 4 is 18.4 Å². The van der Waals surface area contributed by atoms with Crippen LogP contribution in [0.5, 0.6) is 0 Å². The molecule has 1 rings (SSSR count). The van der Waals surface area contributed by atoms with Crippen molar-refractivity contribution in [3.8, 4) is 0 Å². The van der Waals surface area contributed by atoms with Crippen molar-refractivity contribution in [1.82, 2.24) is 0 Å². The molecule has 0 spiro atoms. The number of rotatable bonds is 13. The average Bonchev–Trinajstić information content (AvgIpc) is 2.65. The third kappa shape index (κ3) is 9.06. The summed E-state index contributed by atoms with van der Waals surface area (Å²) in [5.74, 6) is 0.768. The minimum atomic E-state index is -2.58. The molecular weight excluding hydrogens is 435 g/mol. The van der Waals surface area contributed by atoms with Gasteiger partial charge in [0.15, 0.2) is 0 Å².